The van der Waals surface area contributed by atoms with Gasteiger partial charge >= 0.3 is 0 Å². The Morgan fingerprint density at radius 2 is 2.08 bits per heavy atom. The van der Waals surface area contributed by atoms with Crippen molar-refractivity contribution in [3.8, 4) is 0 Å². The molecule has 2 heteroatoms. The zero-order valence-corrected chi connectivity index (χ0v) is 8.29. The Labute approximate surface area is 80.9 Å². The van der Waals surface area contributed by atoms with Crippen molar-refractivity contribution >= 4 is 22.0 Å². The lowest BCUT2D eigenvalue weighted by atomic mass is 10.2. The molecule has 12 heavy (non-hydrogen) atoms. The van der Waals surface area contributed by atoms with Crippen molar-refractivity contribution in [2.24, 2.45) is 0 Å². The van der Waals surface area contributed by atoms with Crippen LogP contribution in [0.2, 0.25) is 0 Å². The van der Waals surface area contributed by atoms with Gasteiger partial charge in [-0.3, -0.25) is 0 Å². The number of benzene rings is 1. The van der Waals surface area contributed by atoms with E-state index in [0.717, 1.165) is 10.0 Å². The van der Waals surface area contributed by atoms with Crippen LogP contribution in [0.4, 0.5) is 0 Å². The van der Waals surface area contributed by atoms with Crippen molar-refractivity contribution in [3.05, 3.63) is 40.4 Å². The Morgan fingerprint density at radius 1 is 1.33 bits per heavy atom. The summed E-state index contributed by atoms with van der Waals surface area (Å²) in [5.74, 6) is 0. The number of rotatable bonds is 3. The second-order valence-corrected chi connectivity index (χ2v) is 3.29. The highest BCUT2D eigenvalue weighted by Crippen LogP contribution is 2.17. The van der Waals surface area contributed by atoms with Crippen molar-refractivity contribution in [2.45, 2.75) is 6.42 Å². The molecule has 0 aliphatic carbocycles. The molecule has 0 atom stereocenters. The van der Waals surface area contributed by atoms with E-state index >= 15 is 0 Å². The van der Waals surface area contributed by atoms with Crippen LogP contribution in [-0.2, 0) is 0 Å². The predicted molar refractivity (Wildman–Crippen MR) is 54.9 cm³/mol. The fourth-order valence-corrected chi connectivity index (χ4v) is 1.31. The van der Waals surface area contributed by atoms with E-state index in [4.69, 9.17) is 5.11 Å². The summed E-state index contributed by atoms with van der Waals surface area (Å²) in [5.41, 5.74) is 1.14. The summed E-state index contributed by atoms with van der Waals surface area (Å²) in [5, 5.41) is 8.55. The van der Waals surface area contributed by atoms with Crippen LogP contribution in [-0.4, -0.2) is 11.7 Å². The van der Waals surface area contributed by atoms with E-state index in [0.29, 0.717) is 6.42 Å². The van der Waals surface area contributed by atoms with Crippen molar-refractivity contribution in [3.63, 3.8) is 0 Å². The minimum atomic E-state index is 0.209. The molecule has 1 aromatic rings. The SMILES string of the molecule is OCC/C=C/c1ccccc1Br. The van der Waals surface area contributed by atoms with Crippen molar-refractivity contribution < 1.29 is 5.11 Å². The van der Waals surface area contributed by atoms with Crippen LogP contribution in [0, 0.1) is 0 Å². The molecule has 1 nitrogen and oxygen atoms in total. The first-order valence-corrected chi connectivity index (χ1v) is 4.66. The highest BCUT2D eigenvalue weighted by atomic mass is 79.9. The standard InChI is InChI=1S/C10H11BrO/c11-10-7-2-1-5-9(10)6-3-4-8-12/h1-3,5-7,12H,4,8H2/b6-3+. The van der Waals surface area contributed by atoms with Gasteiger partial charge in [0.1, 0.15) is 0 Å². The second kappa shape index (κ2) is 5.12. The van der Waals surface area contributed by atoms with E-state index in [1.54, 1.807) is 0 Å². The summed E-state index contributed by atoms with van der Waals surface area (Å²) in [7, 11) is 0. The zero-order valence-electron chi connectivity index (χ0n) is 6.70. The first kappa shape index (κ1) is 9.49. The predicted octanol–water partition coefficient (Wildman–Crippen LogP) is 2.84. The number of hydrogen-bond donors (Lipinski definition) is 1. The normalized spacial score (nSPS) is 10.8. The molecule has 0 saturated carbocycles. The average molecular weight is 227 g/mol. The Hall–Kier alpha value is -0.600. The third-order valence-corrected chi connectivity index (χ3v) is 2.22. The lowest BCUT2D eigenvalue weighted by Gasteiger charge is -1.95. The molecule has 0 spiro atoms. The first-order valence-electron chi connectivity index (χ1n) is 3.86. The summed E-state index contributed by atoms with van der Waals surface area (Å²) in [6, 6.07) is 7.99. The molecule has 1 N–H and O–H groups in total. The van der Waals surface area contributed by atoms with Gasteiger partial charge in [-0.05, 0) is 18.1 Å². The van der Waals surface area contributed by atoms with Gasteiger partial charge in [-0.1, -0.05) is 46.3 Å². The highest BCUT2D eigenvalue weighted by molar-refractivity contribution is 9.10. The van der Waals surface area contributed by atoms with Gasteiger partial charge in [0.2, 0.25) is 0 Å². The first-order chi connectivity index (χ1) is 5.84. The summed E-state index contributed by atoms with van der Waals surface area (Å²) in [4.78, 5) is 0. The van der Waals surface area contributed by atoms with Crippen LogP contribution in [0.3, 0.4) is 0 Å². The molecule has 0 fully saturated rings. The summed E-state index contributed by atoms with van der Waals surface area (Å²) in [6.45, 7) is 0.209. The molecule has 0 aliphatic heterocycles. The van der Waals surface area contributed by atoms with Gasteiger partial charge in [-0.25, -0.2) is 0 Å². The molecule has 0 bridgehead atoms. The van der Waals surface area contributed by atoms with Gasteiger partial charge in [0.25, 0.3) is 0 Å². The maximum Gasteiger partial charge on any atom is 0.0465 e. The van der Waals surface area contributed by atoms with E-state index in [2.05, 4.69) is 15.9 Å². The smallest absolute Gasteiger partial charge is 0.0465 e. The molecular weight excluding hydrogens is 216 g/mol. The molecule has 0 saturated heterocycles. The number of aliphatic hydroxyl groups is 1. The van der Waals surface area contributed by atoms with Gasteiger partial charge in [0.05, 0.1) is 0 Å². The third kappa shape index (κ3) is 2.80. The van der Waals surface area contributed by atoms with Gasteiger partial charge in [0, 0.05) is 11.1 Å². The van der Waals surface area contributed by atoms with Crippen LogP contribution in [0.1, 0.15) is 12.0 Å². The molecule has 64 valence electrons. The zero-order chi connectivity index (χ0) is 8.81. The topological polar surface area (TPSA) is 20.2 Å². The molecule has 0 radical (unpaired) electrons. The Kier molecular flexibility index (Phi) is 4.05. The summed E-state index contributed by atoms with van der Waals surface area (Å²) in [6.07, 6.45) is 4.67. The Morgan fingerprint density at radius 3 is 2.75 bits per heavy atom. The van der Waals surface area contributed by atoms with Crippen LogP contribution >= 0.6 is 15.9 Å². The minimum Gasteiger partial charge on any atom is -0.396 e. The van der Waals surface area contributed by atoms with E-state index in [1.165, 1.54) is 0 Å². The van der Waals surface area contributed by atoms with Crippen LogP contribution in [0.15, 0.2) is 34.8 Å². The van der Waals surface area contributed by atoms with Crippen molar-refractivity contribution in [1.29, 1.82) is 0 Å². The van der Waals surface area contributed by atoms with E-state index in [-0.39, 0.29) is 6.61 Å². The second-order valence-electron chi connectivity index (χ2n) is 2.44. The largest absolute Gasteiger partial charge is 0.396 e. The third-order valence-electron chi connectivity index (χ3n) is 1.50. The molecule has 0 amide bonds. The van der Waals surface area contributed by atoms with Crippen LogP contribution in [0.5, 0.6) is 0 Å². The van der Waals surface area contributed by atoms with Gasteiger partial charge in [-0.2, -0.15) is 0 Å². The van der Waals surface area contributed by atoms with Crippen molar-refractivity contribution in [1.82, 2.24) is 0 Å². The molecule has 0 heterocycles. The lowest BCUT2D eigenvalue weighted by Crippen LogP contribution is -1.77. The van der Waals surface area contributed by atoms with Crippen LogP contribution < -0.4 is 0 Å². The molecule has 0 unspecified atom stereocenters. The molecular formula is C10H11BrO. The quantitative estimate of drug-likeness (QED) is 0.841. The van der Waals surface area contributed by atoms with E-state index in [1.807, 2.05) is 36.4 Å². The van der Waals surface area contributed by atoms with E-state index in [9.17, 15) is 0 Å². The number of halogens is 1. The van der Waals surface area contributed by atoms with Gasteiger partial charge < -0.3 is 5.11 Å². The fraction of sp³-hybridized carbons (Fsp3) is 0.200. The van der Waals surface area contributed by atoms with E-state index < -0.39 is 0 Å². The molecule has 1 rings (SSSR count). The fourth-order valence-electron chi connectivity index (χ4n) is 0.895. The monoisotopic (exact) mass is 226 g/mol. The maximum absolute atomic E-state index is 8.55. The average Bonchev–Trinajstić information content (AvgIpc) is 2.09. The molecule has 1 aromatic carbocycles. The van der Waals surface area contributed by atoms with Gasteiger partial charge in [0.15, 0.2) is 0 Å². The number of aliphatic hydroxyl groups excluding tert-OH is 1. The number of hydrogen-bond acceptors (Lipinski definition) is 1. The minimum absolute atomic E-state index is 0.209. The lowest BCUT2D eigenvalue weighted by molar-refractivity contribution is 0.303. The highest BCUT2D eigenvalue weighted by Gasteiger charge is 1.90. The van der Waals surface area contributed by atoms with Crippen LogP contribution in [0.25, 0.3) is 6.08 Å². The van der Waals surface area contributed by atoms with Crippen molar-refractivity contribution in [2.75, 3.05) is 6.61 Å². The summed E-state index contributed by atoms with van der Waals surface area (Å²) < 4.78 is 1.08. The summed E-state index contributed by atoms with van der Waals surface area (Å²) >= 11 is 3.43. The Bertz CT molecular complexity index is 268. The molecule has 0 aromatic heterocycles. The Balaban J connectivity index is 2.68. The van der Waals surface area contributed by atoms with Gasteiger partial charge in [-0.15, -0.1) is 0 Å². The maximum atomic E-state index is 8.55. The molecule has 0 aliphatic rings.